The Balaban J connectivity index is 1.56. The van der Waals surface area contributed by atoms with E-state index in [1.54, 1.807) is 23.0 Å². The first-order valence-corrected chi connectivity index (χ1v) is 13.6. The van der Waals surface area contributed by atoms with E-state index in [-0.39, 0.29) is 11.6 Å². The van der Waals surface area contributed by atoms with Gasteiger partial charge in [-0.1, -0.05) is 43.1 Å². The Hall–Kier alpha value is -2.61. The van der Waals surface area contributed by atoms with Crippen molar-refractivity contribution in [2.75, 3.05) is 18.4 Å². The van der Waals surface area contributed by atoms with Gasteiger partial charge in [0, 0.05) is 47.5 Å². The highest BCUT2D eigenvalue weighted by atomic mass is 35.5. The Kier molecular flexibility index (Phi) is 8.78. The summed E-state index contributed by atoms with van der Waals surface area (Å²) in [6.07, 6.45) is 2.21. The number of aryl methyl sites for hydroxylation is 2. The zero-order valence-electron chi connectivity index (χ0n) is 22.1. The summed E-state index contributed by atoms with van der Waals surface area (Å²) < 4.78 is 1.63. The Morgan fingerprint density at radius 2 is 1.86 bits per heavy atom. The summed E-state index contributed by atoms with van der Waals surface area (Å²) in [7, 11) is 0. The maximum Gasteiger partial charge on any atom is 0.261 e. The second-order valence-electron chi connectivity index (χ2n) is 10.4. The number of nitrogens with one attached hydrogen (secondary N) is 2. The van der Waals surface area contributed by atoms with Gasteiger partial charge < -0.3 is 15.5 Å². The minimum atomic E-state index is -0.0753. The molecule has 2 N–H and O–H groups in total. The predicted molar refractivity (Wildman–Crippen MR) is 155 cm³/mol. The molecule has 198 valence electrons. The molecule has 1 aromatic heterocycles. The maximum absolute atomic E-state index is 13.2. The molecule has 7 nitrogen and oxygen atoms in total. The molecule has 1 aliphatic rings. The molecule has 0 spiro atoms. The summed E-state index contributed by atoms with van der Waals surface area (Å²) >= 11 is 12.3. The SMILES string of the molecule is CC(C)C(C)/N=C(/Nc1ccc2c(=O)n(CCc3ccc(Cl)cc3Cl)cnc2c1)N1C[C@@H](C)N[C@@H](C)C1. The van der Waals surface area contributed by atoms with Crippen LogP contribution in [-0.4, -0.2) is 51.6 Å². The van der Waals surface area contributed by atoms with Gasteiger partial charge in [-0.2, -0.15) is 0 Å². The topological polar surface area (TPSA) is 74.5 Å². The fraction of sp³-hybridized carbons (Fsp3) is 0.464. The molecule has 0 amide bonds. The van der Waals surface area contributed by atoms with Crippen LogP contribution in [0.3, 0.4) is 0 Å². The Bertz CT molecular complexity index is 1330. The third kappa shape index (κ3) is 6.83. The molecule has 1 fully saturated rings. The molecule has 2 aromatic carbocycles. The summed E-state index contributed by atoms with van der Waals surface area (Å²) in [4.78, 5) is 25.1. The summed E-state index contributed by atoms with van der Waals surface area (Å²) in [5, 5.41) is 8.88. The zero-order valence-corrected chi connectivity index (χ0v) is 23.6. The molecule has 3 atom stereocenters. The number of hydrogen-bond acceptors (Lipinski definition) is 4. The third-order valence-electron chi connectivity index (χ3n) is 6.87. The molecule has 1 aliphatic heterocycles. The van der Waals surface area contributed by atoms with E-state index in [0.717, 1.165) is 30.3 Å². The Morgan fingerprint density at radius 1 is 1.14 bits per heavy atom. The Morgan fingerprint density at radius 3 is 2.54 bits per heavy atom. The standard InChI is InChI=1S/C28H36Cl2N6O/c1-17(2)20(5)33-28(36-14-18(3)32-19(4)15-36)34-23-8-9-24-26(13-23)31-16-35(27(24)37)11-10-21-6-7-22(29)12-25(21)30/h6-9,12-13,16-20,32H,10-11,14-15H2,1-5H3,(H,33,34)/t18-,19+,20?. The first-order chi connectivity index (χ1) is 17.6. The number of aliphatic imine (C=N–C) groups is 1. The summed E-state index contributed by atoms with van der Waals surface area (Å²) in [6, 6.07) is 12.0. The first kappa shape index (κ1) is 27.4. The lowest BCUT2D eigenvalue weighted by atomic mass is 10.1. The molecule has 0 aliphatic carbocycles. The number of halogens is 2. The maximum atomic E-state index is 13.2. The lowest BCUT2D eigenvalue weighted by Gasteiger charge is -2.38. The van der Waals surface area contributed by atoms with Gasteiger partial charge in [-0.3, -0.25) is 9.36 Å². The first-order valence-electron chi connectivity index (χ1n) is 12.9. The molecular formula is C28H36Cl2N6O. The van der Waals surface area contributed by atoms with Gasteiger partial charge in [0.05, 0.1) is 23.3 Å². The fourth-order valence-corrected chi connectivity index (χ4v) is 5.03. The summed E-state index contributed by atoms with van der Waals surface area (Å²) in [5.41, 5.74) is 2.37. The lowest BCUT2D eigenvalue weighted by Crippen LogP contribution is -2.57. The van der Waals surface area contributed by atoms with Crippen molar-refractivity contribution in [3.63, 3.8) is 0 Å². The number of benzene rings is 2. The van der Waals surface area contributed by atoms with Gasteiger partial charge in [-0.15, -0.1) is 0 Å². The van der Waals surface area contributed by atoms with Crippen LogP contribution in [0.5, 0.6) is 0 Å². The number of guanidine groups is 1. The van der Waals surface area contributed by atoms with Crippen LogP contribution in [0.1, 0.15) is 40.2 Å². The molecule has 3 aromatic rings. The van der Waals surface area contributed by atoms with E-state index in [9.17, 15) is 4.79 Å². The van der Waals surface area contributed by atoms with E-state index in [0.29, 0.717) is 51.9 Å². The van der Waals surface area contributed by atoms with E-state index >= 15 is 0 Å². The number of nitrogens with zero attached hydrogens (tertiary/aromatic N) is 4. The molecule has 9 heteroatoms. The molecule has 1 saturated heterocycles. The van der Waals surface area contributed by atoms with E-state index in [1.807, 2.05) is 24.3 Å². The van der Waals surface area contributed by atoms with Crippen molar-refractivity contribution >= 4 is 45.8 Å². The van der Waals surface area contributed by atoms with Crippen molar-refractivity contribution in [2.24, 2.45) is 10.9 Å². The number of fused-ring (bicyclic) bond motifs is 1. The van der Waals surface area contributed by atoms with Gasteiger partial charge in [-0.05, 0) is 69.0 Å². The number of rotatable bonds is 6. The molecular weight excluding hydrogens is 507 g/mol. The average molecular weight is 544 g/mol. The molecule has 4 rings (SSSR count). The van der Waals surface area contributed by atoms with Crippen LogP contribution in [0, 0.1) is 5.92 Å². The summed E-state index contributed by atoms with van der Waals surface area (Å²) in [6.45, 7) is 13.1. The highest BCUT2D eigenvalue weighted by molar-refractivity contribution is 6.35. The predicted octanol–water partition coefficient (Wildman–Crippen LogP) is 5.44. The van der Waals surface area contributed by atoms with E-state index < -0.39 is 0 Å². The molecule has 2 heterocycles. The van der Waals surface area contributed by atoms with Crippen LogP contribution in [0.25, 0.3) is 10.9 Å². The van der Waals surface area contributed by atoms with Crippen molar-refractivity contribution in [2.45, 2.75) is 65.7 Å². The molecule has 0 bridgehead atoms. The van der Waals surface area contributed by atoms with Gasteiger partial charge in [0.25, 0.3) is 5.56 Å². The fourth-order valence-electron chi connectivity index (χ4n) is 4.52. The van der Waals surface area contributed by atoms with Crippen LogP contribution in [-0.2, 0) is 13.0 Å². The van der Waals surface area contributed by atoms with Crippen molar-refractivity contribution < 1.29 is 0 Å². The monoisotopic (exact) mass is 542 g/mol. The van der Waals surface area contributed by atoms with Gasteiger partial charge in [0.15, 0.2) is 5.96 Å². The van der Waals surface area contributed by atoms with Crippen LogP contribution in [0.2, 0.25) is 10.0 Å². The molecule has 1 unspecified atom stereocenters. The molecule has 37 heavy (non-hydrogen) atoms. The van der Waals surface area contributed by atoms with Gasteiger partial charge in [0.1, 0.15) is 0 Å². The van der Waals surface area contributed by atoms with Gasteiger partial charge in [-0.25, -0.2) is 9.98 Å². The summed E-state index contributed by atoms with van der Waals surface area (Å²) in [5.74, 6) is 1.28. The Labute approximate surface area is 228 Å². The quantitative estimate of drug-likeness (QED) is 0.320. The highest BCUT2D eigenvalue weighted by Gasteiger charge is 2.24. The lowest BCUT2D eigenvalue weighted by molar-refractivity contribution is 0.253. The van der Waals surface area contributed by atoms with Crippen molar-refractivity contribution in [1.29, 1.82) is 0 Å². The number of aromatic nitrogens is 2. The number of hydrogen-bond donors (Lipinski definition) is 2. The number of anilines is 1. The largest absolute Gasteiger partial charge is 0.340 e. The molecule has 0 saturated carbocycles. The normalized spacial score (nSPS) is 19.5. The van der Waals surface area contributed by atoms with Crippen LogP contribution < -0.4 is 16.2 Å². The molecule has 0 radical (unpaired) electrons. The smallest absolute Gasteiger partial charge is 0.261 e. The minimum Gasteiger partial charge on any atom is -0.340 e. The van der Waals surface area contributed by atoms with Crippen LogP contribution in [0.4, 0.5) is 5.69 Å². The second kappa shape index (κ2) is 11.8. The van der Waals surface area contributed by atoms with Crippen molar-refractivity contribution in [3.8, 4) is 0 Å². The number of piperazine rings is 1. The highest BCUT2D eigenvalue weighted by Crippen LogP contribution is 2.22. The zero-order chi connectivity index (χ0) is 26.7. The average Bonchev–Trinajstić information content (AvgIpc) is 2.83. The van der Waals surface area contributed by atoms with Crippen molar-refractivity contribution in [3.05, 3.63) is 68.7 Å². The van der Waals surface area contributed by atoms with Crippen molar-refractivity contribution in [1.82, 2.24) is 19.8 Å². The van der Waals surface area contributed by atoms with Gasteiger partial charge in [0.2, 0.25) is 0 Å². The van der Waals surface area contributed by atoms with E-state index in [4.69, 9.17) is 28.2 Å². The van der Waals surface area contributed by atoms with Crippen LogP contribution in [0.15, 0.2) is 52.5 Å². The van der Waals surface area contributed by atoms with Gasteiger partial charge >= 0.3 is 0 Å². The van der Waals surface area contributed by atoms with E-state index in [2.05, 4.69) is 55.1 Å². The third-order valence-corrected chi connectivity index (χ3v) is 7.45. The second-order valence-corrected chi connectivity index (χ2v) is 11.2. The minimum absolute atomic E-state index is 0.0753. The van der Waals surface area contributed by atoms with Crippen LogP contribution >= 0.6 is 23.2 Å². The van der Waals surface area contributed by atoms with E-state index in [1.165, 1.54) is 0 Å².